The van der Waals surface area contributed by atoms with E-state index in [1.54, 1.807) is 6.07 Å². The zero-order valence-corrected chi connectivity index (χ0v) is 13.4. The molecule has 0 radical (unpaired) electrons. The molecule has 1 aromatic rings. The van der Waals surface area contributed by atoms with E-state index in [2.05, 4.69) is 21.4 Å². The first kappa shape index (κ1) is 16.6. The van der Waals surface area contributed by atoms with Gasteiger partial charge in [-0.2, -0.15) is 0 Å². The second-order valence-electron chi connectivity index (χ2n) is 4.18. The summed E-state index contributed by atoms with van der Waals surface area (Å²) in [5, 5.41) is 4.05. The van der Waals surface area contributed by atoms with Crippen LogP contribution in [0.5, 0.6) is 0 Å². The summed E-state index contributed by atoms with van der Waals surface area (Å²) in [6.07, 6.45) is 4.37. The number of oxime groups is 1. The largest absolute Gasteiger partial charge is 0.302 e. The second-order valence-corrected chi connectivity index (χ2v) is 6.67. The van der Waals surface area contributed by atoms with Crippen LogP contribution in [0.15, 0.2) is 58.6 Å². The molecule has 0 amide bonds. The zero-order valence-electron chi connectivity index (χ0n) is 11.1. The van der Waals surface area contributed by atoms with Crippen molar-refractivity contribution in [1.82, 2.24) is 0 Å². The highest BCUT2D eigenvalue weighted by Gasteiger charge is 2.25. The van der Waals surface area contributed by atoms with E-state index in [1.165, 1.54) is 30.4 Å². The van der Waals surface area contributed by atoms with Gasteiger partial charge in [0.25, 0.3) is 10.0 Å². The molecule has 0 fully saturated rings. The van der Waals surface area contributed by atoms with Crippen molar-refractivity contribution >= 4 is 44.6 Å². The number of anilines is 1. The van der Waals surface area contributed by atoms with E-state index in [0.29, 0.717) is 5.02 Å². The van der Waals surface area contributed by atoms with E-state index in [0.717, 1.165) is 0 Å². The molecule has 0 atom stereocenters. The van der Waals surface area contributed by atoms with Gasteiger partial charge in [-0.15, -0.1) is 5.90 Å². The summed E-state index contributed by atoms with van der Waals surface area (Å²) < 4.78 is 27.3. The first-order chi connectivity index (χ1) is 10.3. The van der Waals surface area contributed by atoms with Crippen molar-refractivity contribution in [2.75, 3.05) is 4.72 Å². The molecule has 9 heteroatoms. The maximum absolute atomic E-state index is 12.5. The van der Waals surface area contributed by atoms with E-state index < -0.39 is 10.0 Å². The van der Waals surface area contributed by atoms with Crippen LogP contribution < -0.4 is 10.6 Å². The summed E-state index contributed by atoms with van der Waals surface area (Å²) in [5.41, 5.74) is 0.493. The molecule has 0 unspecified atom stereocenters. The third-order valence-corrected chi connectivity index (χ3v) is 4.74. The van der Waals surface area contributed by atoms with Crippen molar-refractivity contribution in [2.45, 2.75) is 0 Å². The van der Waals surface area contributed by atoms with Crippen LogP contribution in [-0.4, -0.2) is 14.1 Å². The number of rotatable bonds is 4. The van der Waals surface area contributed by atoms with E-state index in [1.807, 2.05) is 0 Å². The van der Waals surface area contributed by atoms with Crippen molar-refractivity contribution < 1.29 is 13.4 Å². The molecule has 6 nitrogen and oxygen atoms in total. The fraction of sp³-hybridized carbons (Fsp3) is 0. The molecule has 3 N–H and O–H groups in total. The number of allylic oxidation sites excluding steroid dienone is 4. The molecule has 0 spiro atoms. The Labute approximate surface area is 137 Å². The number of nitrogens with one attached hydrogen (secondary N) is 1. The average molecular weight is 360 g/mol. The topological polar surface area (TPSA) is 93.8 Å². The number of benzene rings is 1. The van der Waals surface area contributed by atoms with Crippen LogP contribution in [0.4, 0.5) is 5.69 Å². The van der Waals surface area contributed by atoms with E-state index >= 15 is 0 Å². The molecule has 1 aliphatic rings. The molecule has 1 aliphatic carbocycles. The Hall–Kier alpha value is -1.80. The van der Waals surface area contributed by atoms with Gasteiger partial charge in [-0.25, -0.2) is 8.42 Å². The number of sulfonamides is 1. The fourth-order valence-electron chi connectivity index (χ4n) is 1.72. The van der Waals surface area contributed by atoms with Crippen molar-refractivity contribution in [2.24, 2.45) is 11.1 Å². The van der Waals surface area contributed by atoms with Crippen LogP contribution in [-0.2, 0) is 15.0 Å². The van der Waals surface area contributed by atoms with Crippen LogP contribution in [0.25, 0.3) is 0 Å². The lowest BCUT2D eigenvalue weighted by molar-refractivity contribution is 0.149. The highest BCUT2D eigenvalue weighted by molar-refractivity contribution is 7.96. The van der Waals surface area contributed by atoms with Gasteiger partial charge in [-0.05, 0) is 30.4 Å². The van der Waals surface area contributed by atoms with Crippen molar-refractivity contribution in [1.29, 1.82) is 0 Å². The minimum Gasteiger partial charge on any atom is -0.302 e. The lowest BCUT2D eigenvalue weighted by Crippen LogP contribution is -2.20. The summed E-state index contributed by atoms with van der Waals surface area (Å²) in [7, 11) is -3.94. The monoisotopic (exact) mass is 359 g/mol. The van der Waals surface area contributed by atoms with Gasteiger partial charge in [0.15, 0.2) is 0 Å². The predicted octanol–water partition coefficient (Wildman–Crippen LogP) is 2.99. The standard InChI is InChI=1S/C13H11Cl2N3O3S/c1-8-11(17-21-16)3-2-4-13(8)22(19,20)18-12-7-9(14)5-6-10(12)15/h2-7,18H,1,16H2/b17-11-. The molecule has 0 heterocycles. The van der Waals surface area contributed by atoms with Crippen LogP contribution in [0, 0.1) is 0 Å². The fourth-order valence-corrected chi connectivity index (χ4v) is 3.37. The summed E-state index contributed by atoms with van der Waals surface area (Å²) in [4.78, 5) is 4.08. The molecular weight excluding hydrogens is 349 g/mol. The molecule has 1 aromatic carbocycles. The molecule has 22 heavy (non-hydrogen) atoms. The first-order valence-electron chi connectivity index (χ1n) is 5.85. The Balaban J connectivity index is 2.37. The number of halogens is 2. The van der Waals surface area contributed by atoms with Crippen molar-refractivity contribution in [3.05, 3.63) is 63.5 Å². The summed E-state index contributed by atoms with van der Waals surface area (Å²) >= 11 is 11.8. The highest BCUT2D eigenvalue weighted by Crippen LogP contribution is 2.29. The van der Waals surface area contributed by atoms with Gasteiger partial charge in [0.1, 0.15) is 5.71 Å². The predicted molar refractivity (Wildman–Crippen MR) is 88.1 cm³/mol. The molecular formula is C13H11Cl2N3O3S. The minimum atomic E-state index is -3.94. The third kappa shape index (κ3) is 3.50. The molecule has 0 saturated heterocycles. The van der Waals surface area contributed by atoms with Crippen LogP contribution in [0.3, 0.4) is 0 Å². The molecule has 0 saturated carbocycles. The van der Waals surface area contributed by atoms with Gasteiger partial charge in [0.2, 0.25) is 0 Å². The molecule has 116 valence electrons. The van der Waals surface area contributed by atoms with Gasteiger partial charge < -0.3 is 4.94 Å². The summed E-state index contributed by atoms with van der Waals surface area (Å²) in [5.74, 6) is 4.86. The average Bonchev–Trinajstić information content (AvgIpc) is 2.45. The molecule has 0 aromatic heterocycles. The normalized spacial score (nSPS) is 16.6. The first-order valence-corrected chi connectivity index (χ1v) is 8.09. The summed E-state index contributed by atoms with van der Waals surface area (Å²) in [6, 6.07) is 4.44. The van der Waals surface area contributed by atoms with Crippen molar-refractivity contribution in [3.8, 4) is 0 Å². The Bertz CT molecular complexity index is 814. The maximum Gasteiger partial charge on any atom is 0.262 e. The van der Waals surface area contributed by atoms with Crippen LogP contribution >= 0.6 is 23.2 Å². The SMILES string of the molecule is C=C1C(S(=O)(=O)Nc2cc(Cl)ccc2Cl)=CC=C/C1=N/ON. The van der Waals surface area contributed by atoms with Gasteiger partial charge in [0, 0.05) is 10.6 Å². The Morgan fingerprint density at radius 3 is 2.73 bits per heavy atom. The lowest BCUT2D eigenvalue weighted by Gasteiger charge is -2.16. The second kappa shape index (κ2) is 6.53. The number of nitrogens with two attached hydrogens (primary N) is 1. The van der Waals surface area contributed by atoms with Crippen molar-refractivity contribution in [3.63, 3.8) is 0 Å². The molecule has 2 rings (SSSR count). The number of hydrogen-bond acceptors (Lipinski definition) is 5. The third-order valence-electron chi connectivity index (χ3n) is 2.72. The minimum absolute atomic E-state index is 0.0816. The quantitative estimate of drug-likeness (QED) is 0.807. The smallest absolute Gasteiger partial charge is 0.262 e. The zero-order chi connectivity index (χ0) is 16.3. The summed E-state index contributed by atoms with van der Waals surface area (Å²) in [6.45, 7) is 3.68. The highest BCUT2D eigenvalue weighted by atomic mass is 35.5. The van der Waals surface area contributed by atoms with Crippen LogP contribution in [0.2, 0.25) is 10.0 Å². The van der Waals surface area contributed by atoms with E-state index in [4.69, 9.17) is 29.1 Å². The Morgan fingerprint density at radius 1 is 1.32 bits per heavy atom. The molecule has 0 aliphatic heterocycles. The van der Waals surface area contributed by atoms with Crippen LogP contribution in [0.1, 0.15) is 0 Å². The number of hydrogen-bond donors (Lipinski definition) is 2. The van der Waals surface area contributed by atoms with Gasteiger partial charge in [0.05, 0.1) is 15.6 Å². The number of nitrogens with zero attached hydrogens (tertiary/aromatic N) is 1. The maximum atomic E-state index is 12.5. The van der Waals surface area contributed by atoms with Gasteiger partial charge in [-0.3, -0.25) is 4.72 Å². The molecule has 0 bridgehead atoms. The van der Waals surface area contributed by atoms with E-state index in [9.17, 15) is 8.42 Å². The lowest BCUT2D eigenvalue weighted by atomic mass is 10.1. The Morgan fingerprint density at radius 2 is 2.05 bits per heavy atom. The van der Waals surface area contributed by atoms with Gasteiger partial charge in [-0.1, -0.05) is 41.0 Å². The van der Waals surface area contributed by atoms with E-state index in [-0.39, 0.29) is 26.9 Å². The Kier molecular flexibility index (Phi) is 4.92. The van der Waals surface area contributed by atoms with Gasteiger partial charge >= 0.3 is 0 Å².